The maximum Gasteiger partial charge on any atom is 0.273 e. The molecule has 0 aliphatic heterocycles. The van der Waals surface area contributed by atoms with Crippen molar-refractivity contribution in [1.29, 1.82) is 0 Å². The van der Waals surface area contributed by atoms with Gasteiger partial charge in [0, 0.05) is 35.4 Å². The van der Waals surface area contributed by atoms with Gasteiger partial charge in [-0.1, -0.05) is 33.6 Å². The number of nitro benzene ring substituents is 1. The second kappa shape index (κ2) is 6.05. The van der Waals surface area contributed by atoms with E-state index in [4.69, 9.17) is 0 Å². The maximum atomic E-state index is 10.9. The molecule has 0 spiro atoms. The van der Waals surface area contributed by atoms with Crippen LogP contribution >= 0.6 is 15.9 Å². The molecule has 2 aromatic rings. The summed E-state index contributed by atoms with van der Waals surface area (Å²) in [6.45, 7) is 2.04. The van der Waals surface area contributed by atoms with Crippen LogP contribution in [0.15, 0.2) is 42.5 Å². The summed E-state index contributed by atoms with van der Waals surface area (Å²) >= 11 is 3.30. The van der Waals surface area contributed by atoms with E-state index in [9.17, 15) is 10.1 Å². The minimum Gasteiger partial charge on any atom is -0.345 e. The molecule has 2 rings (SSSR count). The Bertz CT molecular complexity index is 626. The van der Waals surface area contributed by atoms with Gasteiger partial charge in [-0.15, -0.1) is 0 Å². The summed E-state index contributed by atoms with van der Waals surface area (Å²) in [5.41, 5.74) is 3.99. The average Bonchev–Trinajstić information content (AvgIpc) is 2.46. The molecule has 2 aromatic carbocycles. The molecule has 0 aromatic heterocycles. The minimum absolute atomic E-state index is 0.142. The zero-order chi connectivity index (χ0) is 14.7. The van der Waals surface area contributed by atoms with Crippen molar-refractivity contribution in [2.45, 2.75) is 12.3 Å². The summed E-state index contributed by atoms with van der Waals surface area (Å²) in [7, 11) is 1.95. The second-order valence-corrected chi connectivity index (χ2v) is 5.16. The molecule has 0 aliphatic rings. The van der Waals surface area contributed by atoms with Crippen molar-refractivity contribution in [1.82, 2.24) is 0 Å². The third-order valence-electron chi connectivity index (χ3n) is 3.21. The summed E-state index contributed by atoms with van der Waals surface area (Å²) in [4.78, 5) is 12.6. The first-order valence-corrected chi connectivity index (χ1v) is 7.28. The summed E-state index contributed by atoms with van der Waals surface area (Å²) < 4.78 is 0. The Hall–Kier alpha value is -1.88. The summed E-state index contributed by atoms with van der Waals surface area (Å²) in [5, 5.41) is 11.4. The van der Waals surface area contributed by atoms with Gasteiger partial charge in [-0.2, -0.15) is 0 Å². The number of rotatable bonds is 4. The Balaban J connectivity index is 2.37. The zero-order valence-electron chi connectivity index (χ0n) is 11.3. The smallest absolute Gasteiger partial charge is 0.273 e. The Morgan fingerprint density at radius 3 is 2.30 bits per heavy atom. The van der Waals surface area contributed by atoms with Gasteiger partial charge in [0.15, 0.2) is 0 Å². The monoisotopic (exact) mass is 334 g/mol. The van der Waals surface area contributed by atoms with E-state index < -0.39 is 0 Å². The normalized spacial score (nSPS) is 10.3. The van der Waals surface area contributed by atoms with Crippen molar-refractivity contribution in [3.8, 4) is 0 Å². The van der Waals surface area contributed by atoms with Gasteiger partial charge in [-0.3, -0.25) is 10.1 Å². The number of anilines is 2. The SMILES string of the molecule is Cc1ccc(N(C)c2ccc([N+](=O)[O-])c(CBr)c2)cc1. The summed E-state index contributed by atoms with van der Waals surface area (Å²) in [5.74, 6) is 0. The molecule has 0 atom stereocenters. The lowest BCUT2D eigenvalue weighted by atomic mass is 10.1. The molecule has 0 bridgehead atoms. The first-order valence-electron chi connectivity index (χ1n) is 6.16. The van der Waals surface area contributed by atoms with Gasteiger partial charge in [0.2, 0.25) is 0 Å². The van der Waals surface area contributed by atoms with E-state index in [0.717, 1.165) is 11.4 Å². The highest BCUT2D eigenvalue weighted by Gasteiger charge is 2.14. The fraction of sp³-hybridized carbons (Fsp3) is 0.200. The Kier molecular flexibility index (Phi) is 4.39. The predicted molar refractivity (Wildman–Crippen MR) is 85.0 cm³/mol. The lowest BCUT2D eigenvalue weighted by molar-refractivity contribution is -0.385. The molecule has 4 nitrogen and oxygen atoms in total. The van der Waals surface area contributed by atoms with E-state index in [0.29, 0.717) is 10.9 Å². The first kappa shape index (κ1) is 14.5. The van der Waals surface area contributed by atoms with E-state index in [1.165, 1.54) is 5.56 Å². The van der Waals surface area contributed by atoms with Crippen molar-refractivity contribution < 1.29 is 4.92 Å². The maximum absolute atomic E-state index is 10.9. The number of alkyl halides is 1. The van der Waals surface area contributed by atoms with Crippen LogP contribution in [0.3, 0.4) is 0 Å². The van der Waals surface area contributed by atoms with Crippen LogP contribution in [0.4, 0.5) is 17.1 Å². The Labute approximate surface area is 126 Å². The van der Waals surface area contributed by atoms with Crippen LogP contribution in [-0.2, 0) is 5.33 Å². The minimum atomic E-state index is -0.355. The fourth-order valence-corrected chi connectivity index (χ4v) is 2.43. The fourth-order valence-electron chi connectivity index (χ4n) is 1.98. The van der Waals surface area contributed by atoms with E-state index in [2.05, 4.69) is 15.9 Å². The highest BCUT2D eigenvalue weighted by atomic mass is 79.9. The summed E-state index contributed by atoms with van der Waals surface area (Å²) in [6.07, 6.45) is 0. The highest BCUT2D eigenvalue weighted by Crippen LogP contribution is 2.30. The number of halogens is 1. The molecule has 0 saturated heterocycles. The second-order valence-electron chi connectivity index (χ2n) is 4.60. The molecule has 104 valence electrons. The number of hydrogen-bond donors (Lipinski definition) is 0. The standard InChI is InChI=1S/C15H15BrN2O2/c1-11-3-5-13(6-4-11)17(2)14-7-8-15(18(19)20)12(9-14)10-16/h3-9H,10H2,1-2H3. The first-order chi connectivity index (χ1) is 9.52. The molecular weight excluding hydrogens is 320 g/mol. The molecular formula is C15H15BrN2O2. The number of nitrogens with zero attached hydrogens (tertiary/aromatic N) is 2. The van der Waals surface area contributed by atoms with E-state index in [-0.39, 0.29) is 10.6 Å². The van der Waals surface area contributed by atoms with Crippen LogP contribution in [0.5, 0.6) is 0 Å². The zero-order valence-corrected chi connectivity index (χ0v) is 12.9. The van der Waals surface area contributed by atoms with Crippen LogP contribution in [0.2, 0.25) is 0 Å². The van der Waals surface area contributed by atoms with Crippen LogP contribution in [0, 0.1) is 17.0 Å². The number of hydrogen-bond acceptors (Lipinski definition) is 3. The molecule has 20 heavy (non-hydrogen) atoms. The number of benzene rings is 2. The van der Waals surface area contributed by atoms with Crippen molar-refractivity contribution >= 4 is 33.0 Å². The Morgan fingerprint density at radius 2 is 1.75 bits per heavy atom. The van der Waals surface area contributed by atoms with Gasteiger partial charge in [0.05, 0.1) is 4.92 Å². The van der Waals surface area contributed by atoms with Crippen LogP contribution in [0.1, 0.15) is 11.1 Å². The molecule has 0 heterocycles. The highest BCUT2D eigenvalue weighted by molar-refractivity contribution is 9.08. The molecule has 0 fully saturated rings. The quantitative estimate of drug-likeness (QED) is 0.467. The van der Waals surface area contributed by atoms with Crippen LogP contribution in [-0.4, -0.2) is 12.0 Å². The largest absolute Gasteiger partial charge is 0.345 e. The van der Waals surface area contributed by atoms with Gasteiger partial charge in [0.25, 0.3) is 5.69 Å². The average molecular weight is 335 g/mol. The van der Waals surface area contributed by atoms with Crippen molar-refractivity contribution in [3.63, 3.8) is 0 Å². The molecule has 0 radical (unpaired) electrons. The van der Waals surface area contributed by atoms with Crippen LogP contribution in [0.25, 0.3) is 0 Å². The lowest BCUT2D eigenvalue weighted by Crippen LogP contribution is -2.10. The number of nitro groups is 1. The van der Waals surface area contributed by atoms with E-state index >= 15 is 0 Å². The van der Waals surface area contributed by atoms with Crippen molar-refractivity contribution in [3.05, 3.63) is 63.7 Å². The third kappa shape index (κ3) is 2.99. The van der Waals surface area contributed by atoms with E-state index in [1.807, 2.05) is 49.2 Å². The molecule has 0 saturated carbocycles. The number of aryl methyl sites for hydroxylation is 1. The van der Waals surface area contributed by atoms with Gasteiger partial charge >= 0.3 is 0 Å². The van der Waals surface area contributed by atoms with Gasteiger partial charge in [0.1, 0.15) is 0 Å². The third-order valence-corrected chi connectivity index (χ3v) is 3.82. The van der Waals surface area contributed by atoms with Gasteiger partial charge in [-0.25, -0.2) is 0 Å². The van der Waals surface area contributed by atoms with Gasteiger partial charge in [-0.05, 0) is 31.2 Å². The molecule has 5 heteroatoms. The summed E-state index contributed by atoms with van der Waals surface area (Å²) in [6, 6.07) is 13.3. The topological polar surface area (TPSA) is 46.4 Å². The van der Waals surface area contributed by atoms with Gasteiger partial charge < -0.3 is 4.90 Å². The lowest BCUT2D eigenvalue weighted by Gasteiger charge is -2.20. The molecule has 0 unspecified atom stereocenters. The molecule has 0 N–H and O–H groups in total. The molecule has 0 amide bonds. The van der Waals surface area contributed by atoms with E-state index in [1.54, 1.807) is 12.1 Å². The predicted octanol–water partition coefficient (Wildman–Crippen LogP) is 4.57. The van der Waals surface area contributed by atoms with Crippen LogP contribution < -0.4 is 4.90 Å². The Morgan fingerprint density at radius 1 is 1.15 bits per heavy atom. The van der Waals surface area contributed by atoms with Crippen molar-refractivity contribution in [2.24, 2.45) is 0 Å². The molecule has 0 aliphatic carbocycles. The van der Waals surface area contributed by atoms with Crippen molar-refractivity contribution in [2.75, 3.05) is 11.9 Å².